The van der Waals surface area contributed by atoms with Gasteiger partial charge in [-0.1, -0.05) is 0 Å². The fraction of sp³-hybridized carbons (Fsp3) is 0.267. The molecule has 0 saturated heterocycles. The van der Waals surface area contributed by atoms with E-state index in [0.717, 1.165) is 17.9 Å². The lowest BCUT2D eigenvalue weighted by Gasteiger charge is -2.15. The Morgan fingerprint density at radius 3 is 2.68 bits per heavy atom. The second kappa shape index (κ2) is 6.09. The Labute approximate surface area is 112 Å². The number of hydrogen-bond donors (Lipinski definition) is 1. The molecule has 0 aromatic heterocycles. The zero-order valence-corrected chi connectivity index (χ0v) is 11.1. The molecule has 0 saturated carbocycles. The lowest BCUT2D eigenvalue weighted by Crippen LogP contribution is -2.05. The minimum absolute atomic E-state index is 0.328. The molecule has 1 aromatic carbocycles. The summed E-state index contributed by atoms with van der Waals surface area (Å²) in [6, 6.07) is 7.14. The molecule has 2 rings (SSSR count). The second-order valence-corrected chi connectivity index (χ2v) is 4.32. The summed E-state index contributed by atoms with van der Waals surface area (Å²) in [5, 5.41) is 3.19. The standard InChI is InChI=1S/C15H17NO3/c1-11-3-4-12(10-19-11)9-16-14-7-5-13(6-8-14)15(17)18-2/h3,5-9,16H,4,10H2,1-2H3. The van der Waals surface area contributed by atoms with Crippen LogP contribution in [-0.2, 0) is 9.47 Å². The van der Waals surface area contributed by atoms with E-state index in [-0.39, 0.29) is 5.97 Å². The molecule has 0 atom stereocenters. The van der Waals surface area contributed by atoms with Gasteiger partial charge < -0.3 is 14.8 Å². The van der Waals surface area contributed by atoms with Crippen LogP contribution in [0.25, 0.3) is 0 Å². The lowest BCUT2D eigenvalue weighted by atomic mass is 10.1. The molecule has 1 aliphatic rings. The third kappa shape index (κ3) is 3.61. The van der Waals surface area contributed by atoms with Crippen LogP contribution in [0.1, 0.15) is 23.7 Å². The first kappa shape index (κ1) is 13.2. The fourth-order valence-corrected chi connectivity index (χ4v) is 1.71. The number of allylic oxidation sites excluding steroid dienone is 2. The molecule has 0 fully saturated rings. The summed E-state index contributed by atoms with van der Waals surface area (Å²) in [5.41, 5.74) is 2.65. The van der Waals surface area contributed by atoms with E-state index in [1.54, 1.807) is 12.1 Å². The third-order valence-corrected chi connectivity index (χ3v) is 2.89. The van der Waals surface area contributed by atoms with Crippen molar-refractivity contribution < 1.29 is 14.3 Å². The average Bonchev–Trinajstić information content (AvgIpc) is 2.46. The summed E-state index contributed by atoms with van der Waals surface area (Å²) in [7, 11) is 1.37. The molecule has 4 heteroatoms. The summed E-state index contributed by atoms with van der Waals surface area (Å²) in [6.07, 6.45) is 4.90. The molecule has 0 unspecified atom stereocenters. The zero-order chi connectivity index (χ0) is 13.7. The SMILES string of the molecule is COC(=O)c1ccc(NC=C2CC=C(C)OC2)cc1. The first-order chi connectivity index (χ1) is 9.19. The molecule has 100 valence electrons. The number of methoxy groups -OCH3 is 1. The van der Waals surface area contributed by atoms with Gasteiger partial charge in [0.2, 0.25) is 0 Å². The second-order valence-electron chi connectivity index (χ2n) is 4.32. The molecule has 4 nitrogen and oxygen atoms in total. The van der Waals surface area contributed by atoms with E-state index in [4.69, 9.17) is 4.74 Å². The Kier molecular flexibility index (Phi) is 4.23. The molecule has 0 aliphatic carbocycles. The van der Waals surface area contributed by atoms with Crippen LogP contribution in [0.4, 0.5) is 5.69 Å². The van der Waals surface area contributed by atoms with Crippen LogP contribution in [0.15, 0.2) is 47.9 Å². The number of hydrogen-bond acceptors (Lipinski definition) is 4. The van der Waals surface area contributed by atoms with Crippen LogP contribution in [0, 0.1) is 0 Å². The Bertz CT molecular complexity index is 515. The summed E-state index contributed by atoms with van der Waals surface area (Å²) < 4.78 is 10.1. The van der Waals surface area contributed by atoms with Gasteiger partial charge in [0.1, 0.15) is 6.61 Å². The van der Waals surface area contributed by atoms with Gasteiger partial charge in [-0.25, -0.2) is 4.79 Å². The summed E-state index contributed by atoms with van der Waals surface area (Å²) >= 11 is 0. The fourth-order valence-electron chi connectivity index (χ4n) is 1.71. The van der Waals surface area contributed by atoms with Crippen LogP contribution in [0.2, 0.25) is 0 Å². The molecule has 0 amide bonds. The topological polar surface area (TPSA) is 47.6 Å². The summed E-state index contributed by atoms with van der Waals surface area (Å²) in [6.45, 7) is 2.57. The Balaban J connectivity index is 1.97. The van der Waals surface area contributed by atoms with Crippen LogP contribution in [0.5, 0.6) is 0 Å². The predicted octanol–water partition coefficient (Wildman–Crippen LogP) is 3.09. The number of anilines is 1. The largest absolute Gasteiger partial charge is 0.494 e. The molecule has 0 spiro atoms. The van der Waals surface area contributed by atoms with Gasteiger partial charge in [-0.15, -0.1) is 0 Å². The maximum Gasteiger partial charge on any atom is 0.337 e. The van der Waals surface area contributed by atoms with Crippen molar-refractivity contribution in [1.29, 1.82) is 0 Å². The number of esters is 1. The summed E-state index contributed by atoms with van der Waals surface area (Å²) in [4.78, 5) is 11.3. The molecule has 1 aromatic rings. The van der Waals surface area contributed by atoms with Gasteiger partial charge >= 0.3 is 5.97 Å². The van der Waals surface area contributed by atoms with Gasteiger partial charge in [-0.2, -0.15) is 0 Å². The molecular formula is C15H17NO3. The Morgan fingerprint density at radius 2 is 2.11 bits per heavy atom. The number of ether oxygens (including phenoxy) is 2. The highest BCUT2D eigenvalue weighted by molar-refractivity contribution is 5.89. The lowest BCUT2D eigenvalue weighted by molar-refractivity contribution is 0.0601. The Hall–Kier alpha value is -2.23. The molecule has 1 heterocycles. The first-order valence-electron chi connectivity index (χ1n) is 6.11. The molecular weight excluding hydrogens is 242 g/mol. The van der Waals surface area contributed by atoms with E-state index in [9.17, 15) is 4.79 Å². The van der Waals surface area contributed by atoms with E-state index >= 15 is 0 Å². The summed E-state index contributed by atoms with van der Waals surface area (Å²) in [5.74, 6) is 0.644. The predicted molar refractivity (Wildman–Crippen MR) is 73.8 cm³/mol. The quantitative estimate of drug-likeness (QED) is 0.847. The highest BCUT2D eigenvalue weighted by Crippen LogP contribution is 2.16. The van der Waals surface area contributed by atoms with Gasteiger partial charge in [-0.3, -0.25) is 0 Å². The van der Waals surface area contributed by atoms with Crippen molar-refractivity contribution in [3.8, 4) is 0 Å². The number of carbonyl (C=O) groups is 1. The molecule has 1 N–H and O–H groups in total. The van der Waals surface area contributed by atoms with Crippen LogP contribution in [0.3, 0.4) is 0 Å². The van der Waals surface area contributed by atoms with Crippen molar-refractivity contribution >= 4 is 11.7 Å². The van der Waals surface area contributed by atoms with Crippen LogP contribution >= 0.6 is 0 Å². The third-order valence-electron chi connectivity index (χ3n) is 2.89. The minimum atomic E-state index is -0.328. The van der Waals surface area contributed by atoms with Crippen molar-refractivity contribution in [2.75, 3.05) is 19.0 Å². The number of nitrogens with one attached hydrogen (secondary N) is 1. The molecule has 19 heavy (non-hydrogen) atoms. The monoisotopic (exact) mass is 259 g/mol. The van der Waals surface area contributed by atoms with Crippen molar-refractivity contribution in [2.45, 2.75) is 13.3 Å². The average molecular weight is 259 g/mol. The maximum atomic E-state index is 11.3. The van der Waals surface area contributed by atoms with Crippen molar-refractivity contribution in [1.82, 2.24) is 0 Å². The van der Waals surface area contributed by atoms with Crippen molar-refractivity contribution in [3.63, 3.8) is 0 Å². The highest BCUT2D eigenvalue weighted by atomic mass is 16.5. The molecule has 0 radical (unpaired) electrons. The first-order valence-corrected chi connectivity index (χ1v) is 6.11. The zero-order valence-electron chi connectivity index (χ0n) is 11.1. The van der Waals surface area contributed by atoms with Crippen molar-refractivity contribution in [3.05, 3.63) is 53.4 Å². The Morgan fingerprint density at radius 1 is 1.37 bits per heavy atom. The normalized spacial score (nSPS) is 16.5. The van der Waals surface area contributed by atoms with Crippen molar-refractivity contribution in [2.24, 2.45) is 0 Å². The van der Waals surface area contributed by atoms with E-state index < -0.39 is 0 Å². The number of rotatable bonds is 3. The van der Waals surface area contributed by atoms with Gasteiger partial charge in [0, 0.05) is 11.9 Å². The molecule has 1 aliphatic heterocycles. The van der Waals surface area contributed by atoms with E-state index in [2.05, 4.69) is 16.1 Å². The van der Waals surface area contributed by atoms with Crippen LogP contribution in [-0.4, -0.2) is 19.7 Å². The molecule has 0 bridgehead atoms. The number of benzene rings is 1. The van der Waals surface area contributed by atoms with Gasteiger partial charge in [0.05, 0.1) is 18.4 Å². The number of carbonyl (C=O) groups excluding carboxylic acids is 1. The van der Waals surface area contributed by atoms with E-state index in [1.165, 1.54) is 12.7 Å². The van der Waals surface area contributed by atoms with Crippen LogP contribution < -0.4 is 5.32 Å². The smallest absolute Gasteiger partial charge is 0.337 e. The van der Waals surface area contributed by atoms with Gasteiger partial charge in [0.25, 0.3) is 0 Å². The van der Waals surface area contributed by atoms with E-state index in [1.807, 2.05) is 25.3 Å². The van der Waals surface area contributed by atoms with Gasteiger partial charge in [-0.05, 0) is 49.3 Å². The van der Waals surface area contributed by atoms with E-state index in [0.29, 0.717) is 12.2 Å². The highest BCUT2D eigenvalue weighted by Gasteiger charge is 2.05. The maximum absolute atomic E-state index is 11.3. The van der Waals surface area contributed by atoms with Gasteiger partial charge in [0.15, 0.2) is 0 Å². The minimum Gasteiger partial charge on any atom is -0.494 e.